The fourth-order valence-corrected chi connectivity index (χ4v) is 5.78. The van der Waals surface area contributed by atoms with E-state index in [1.54, 1.807) is 0 Å². The van der Waals surface area contributed by atoms with E-state index in [1.807, 2.05) is 6.07 Å². The average Bonchev–Trinajstić information content (AvgIpc) is 2.83. The average molecular weight is 314 g/mol. The van der Waals surface area contributed by atoms with E-state index in [2.05, 4.69) is 6.92 Å². The lowest BCUT2D eigenvalue weighted by molar-refractivity contribution is -0.129. The highest BCUT2D eigenvalue weighted by molar-refractivity contribution is 5.87. The number of ketones is 1. The lowest BCUT2D eigenvalue weighted by Crippen LogP contribution is -2.42. The number of Topliss-reactive ketones (excluding diaryl/α,β-unsaturated/α-hetero) is 1. The maximum atomic E-state index is 12.4. The Balaban J connectivity index is 1.77. The van der Waals surface area contributed by atoms with Crippen LogP contribution in [-0.4, -0.2) is 10.9 Å². The van der Waals surface area contributed by atoms with Crippen LogP contribution < -0.4 is 11.5 Å². The molecule has 3 aliphatic rings. The second kappa shape index (κ2) is 4.97. The summed E-state index contributed by atoms with van der Waals surface area (Å²) in [6.45, 7) is 2.09. The van der Waals surface area contributed by atoms with Gasteiger partial charge in [0.25, 0.3) is 0 Å². The SMILES string of the molecule is CC12CCC3c4cc(N)c(CO)c(N)c4CCC3C1CCC2=O. The summed E-state index contributed by atoms with van der Waals surface area (Å²) in [5.41, 5.74) is 16.8. The van der Waals surface area contributed by atoms with Gasteiger partial charge in [0.15, 0.2) is 0 Å². The summed E-state index contributed by atoms with van der Waals surface area (Å²) in [6, 6.07) is 2.05. The molecule has 0 aromatic heterocycles. The molecule has 4 atom stereocenters. The van der Waals surface area contributed by atoms with E-state index in [1.165, 1.54) is 11.1 Å². The van der Waals surface area contributed by atoms with Crippen LogP contribution in [0.25, 0.3) is 0 Å². The maximum Gasteiger partial charge on any atom is 0.139 e. The first-order valence-corrected chi connectivity index (χ1v) is 8.81. The highest BCUT2D eigenvalue weighted by Crippen LogP contribution is 2.60. The third-order valence-corrected chi connectivity index (χ3v) is 7.09. The van der Waals surface area contributed by atoms with Gasteiger partial charge in [-0.05, 0) is 67.1 Å². The maximum absolute atomic E-state index is 12.4. The molecule has 1 aromatic carbocycles. The van der Waals surface area contributed by atoms with E-state index in [0.717, 1.165) is 38.5 Å². The Morgan fingerprint density at radius 1 is 1.26 bits per heavy atom. The second-order valence-electron chi connectivity index (χ2n) is 7.92. The summed E-state index contributed by atoms with van der Waals surface area (Å²) in [5.74, 6) is 2.04. The predicted octanol–water partition coefficient (Wildman–Crippen LogP) is 2.77. The van der Waals surface area contributed by atoms with Crippen molar-refractivity contribution in [3.63, 3.8) is 0 Å². The Hall–Kier alpha value is -1.55. The van der Waals surface area contributed by atoms with Crippen LogP contribution in [0.3, 0.4) is 0 Å². The fourth-order valence-electron chi connectivity index (χ4n) is 5.78. The lowest BCUT2D eigenvalue weighted by Gasteiger charge is -2.48. The van der Waals surface area contributed by atoms with Crippen LogP contribution in [0.5, 0.6) is 0 Å². The number of carbonyl (C=O) groups excluding carboxylic acids is 1. The number of carbonyl (C=O) groups is 1. The summed E-state index contributed by atoms with van der Waals surface area (Å²) < 4.78 is 0. The second-order valence-corrected chi connectivity index (χ2v) is 7.92. The molecule has 0 amide bonds. The molecule has 2 fully saturated rings. The largest absolute Gasteiger partial charge is 0.398 e. The first-order chi connectivity index (χ1) is 11.0. The molecule has 0 radical (unpaired) electrons. The van der Waals surface area contributed by atoms with Gasteiger partial charge in [-0.25, -0.2) is 0 Å². The lowest BCUT2D eigenvalue weighted by atomic mass is 9.55. The molecule has 5 N–H and O–H groups in total. The summed E-state index contributed by atoms with van der Waals surface area (Å²) in [6.07, 6.45) is 5.88. The van der Waals surface area contributed by atoms with Crippen LogP contribution in [-0.2, 0) is 17.8 Å². The number of nitrogens with two attached hydrogens (primary N) is 2. The van der Waals surface area contributed by atoms with Gasteiger partial charge < -0.3 is 16.6 Å². The minimum absolute atomic E-state index is 0.0964. The standard InChI is InChI=1S/C19H26N2O2/c1-19-7-6-10-11(15(19)4-5-17(19)23)2-3-12-13(10)8-16(20)14(9-22)18(12)21/h8,10-11,15,22H,2-7,9,20-21H2,1H3. The third kappa shape index (κ3) is 1.90. The van der Waals surface area contributed by atoms with Crippen LogP contribution in [0.1, 0.15) is 61.6 Å². The molecule has 0 bridgehead atoms. The zero-order chi connectivity index (χ0) is 16.4. The van der Waals surface area contributed by atoms with Crippen LogP contribution in [0.4, 0.5) is 11.4 Å². The minimum Gasteiger partial charge on any atom is -0.398 e. The first kappa shape index (κ1) is 15.0. The number of anilines is 2. The number of aliphatic hydroxyl groups is 1. The van der Waals surface area contributed by atoms with Crippen molar-refractivity contribution in [2.45, 2.75) is 58.0 Å². The summed E-state index contributed by atoms with van der Waals surface area (Å²) in [4.78, 5) is 12.4. The molecule has 2 saturated carbocycles. The fraction of sp³-hybridized carbons (Fsp3) is 0.632. The van der Waals surface area contributed by atoms with Crippen LogP contribution >= 0.6 is 0 Å². The van der Waals surface area contributed by atoms with Crippen molar-refractivity contribution < 1.29 is 9.90 Å². The van der Waals surface area contributed by atoms with Gasteiger partial charge in [-0.1, -0.05) is 6.92 Å². The van der Waals surface area contributed by atoms with E-state index in [4.69, 9.17) is 11.5 Å². The Kier molecular flexibility index (Phi) is 3.24. The topological polar surface area (TPSA) is 89.3 Å². The zero-order valence-corrected chi connectivity index (χ0v) is 13.8. The van der Waals surface area contributed by atoms with Gasteiger partial charge in [0, 0.05) is 28.8 Å². The molecular weight excluding hydrogens is 288 g/mol. The Morgan fingerprint density at radius 3 is 2.78 bits per heavy atom. The molecule has 3 aliphatic carbocycles. The number of benzene rings is 1. The molecule has 4 rings (SSSR count). The number of rotatable bonds is 1. The van der Waals surface area contributed by atoms with Crippen molar-refractivity contribution in [2.24, 2.45) is 17.3 Å². The number of hydrogen-bond donors (Lipinski definition) is 3. The normalized spacial score (nSPS) is 35.6. The van der Waals surface area contributed by atoms with Gasteiger partial charge >= 0.3 is 0 Å². The van der Waals surface area contributed by atoms with E-state index in [0.29, 0.717) is 40.5 Å². The molecular formula is C19H26N2O2. The van der Waals surface area contributed by atoms with Crippen molar-refractivity contribution >= 4 is 17.2 Å². The van der Waals surface area contributed by atoms with Gasteiger partial charge in [-0.3, -0.25) is 4.79 Å². The van der Waals surface area contributed by atoms with Gasteiger partial charge in [-0.2, -0.15) is 0 Å². The molecule has 23 heavy (non-hydrogen) atoms. The van der Waals surface area contributed by atoms with Crippen molar-refractivity contribution in [1.29, 1.82) is 0 Å². The van der Waals surface area contributed by atoms with Gasteiger partial charge in [0.05, 0.1) is 6.61 Å². The van der Waals surface area contributed by atoms with Crippen molar-refractivity contribution in [1.82, 2.24) is 0 Å². The minimum atomic E-state index is -0.103. The third-order valence-electron chi connectivity index (χ3n) is 7.09. The number of nitrogen functional groups attached to an aromatic ring is 2. The molecule has 124 valence electrons. The summed E-state index contributed by atoms with van der Waals surface area (Å²) >= 11 is 0. The van der Waals surface area contributed by atoms with Crippen molar-refractivity contribution in [2.75, 3.05) is 11.5 Å². The molecule has 1 aromatic rings. The molecule has 0 aliphatic heterocycles. The monoisotopic (exact) mass is 314 g/mol. The van der Waals surface area contributed by atoms with Crippen LogP contribution in [0.2, 0.25) is 0 Å². The van der Waals surface area contributed by atoms with Crippen LogP contribution in [0, 0.1) is 17.3 Å². The quantitative estimate of drug-likeness (QED) is 0.695. The molecule has 4 unspecified atom stereocenters. The van der Waals surface area contributed by atoms with E-state index in [9.17, 15) is 9.90 Å². The molecule has 0 spiro atoms. The van der Waals surface area contributed by atoms with E-state index in [-0.39, 0.29) is 12.0 Å². The summed E-state index contributed by atoms with van der Waals surface area (Å²) in [5, 5.41) is 9.52. The molecule has 0 heterocycles. The molecule has 4 nitrogen and oxygen atoms in total. The first-order valence-electron chi connectivity index (χ1n) is 8.81. The number of fused-ring (bicyclic) bond motifs is 5. The van der Waals surface area contributed by atoms with Gasteiger partial charge in [-0.15, -0.1) is 0 Å². The van der Waals surface area contributed by atoms with Crippen molar-refractivity contribution in [3.05, 3.63) is 22.8 Å². The predicted molar refractivity (Wildman–Crippen MR) is 90.8 cm³/mol. The molecule has 4 heteroatoms. The number of hydrogen-bond acceptors (Lipinski definition) is 4. The zero-order valence-electron chi connectivity index (χ0n) is 13.8. The Bertz CT molecular complexity index is 684. The molecule has 0 saturated heterocycles. The van der Waals surface area contributed by atoms with Crippen molar-refractivity contribution in [3.8, 4) is 0 Å². The Morgan fingerprint density at radius 2 is 2.04 bits per heavy atom. The Labute approximate surface area is 137 Å². The highest BCUT2D eigenvalue weighted by Gasteiger charge is 2.54. The highest BCUT2D eigenvalue weighted by atomic mass is 16.3. The van der Waals surface area contributed by atoms with E-state index < -0.39 is 0 Å². The number of aliphatic hydroxyl groups excluding tert-OH is 1. The summed E-state index contributed by atoms with van der Waals surface area (Å²) in [7, 11) is 0. The van der Waals surface area contributed by atoms with E-state index >= 15 is 0 Å². The van der Waals surface area contributed by atoms with Gasteiger partial charge in [0.1, 0.15) is 5.78 Å². The van der Waals surface area contributed by atoms with Gasteiger partial charge in [0.2, 0.25) is 0 Å². The smallest absolute Gasteiger partial charge is 0.139 e. The van der Waals surface area contributed by atoms with Crippen LogP contribution in [0.15, 0.2) is 6.07 Å².